The summed E-state index contributed by atoms with van der Waals surface area (Å²) < 4.78 is 39.2. The van der Waals surface area contributed by atoms with Crippen LogP contribution in [0.1, 0.15) is 12.8 Å². The first-order chi connectivity index (χ1) is 8.42. The Kier molecular flexibility index (Phi) is 3.56. The van der Waals surface area contributed by atoms with Crippen LogP contribution in [0.2, 0.25) is 0 Å². The summed E-state index contributed by atoms with van der Waals surface area (Å²) in [6, 6.07) is 3.59. The lowest BCUT2D eigenvalue weighted by Crippen LogP contribution is -2.33. The SMILES string of the molecule is Nc1c(F)cccc1S(=O)(=O)NCC(O)C1CC1. The molecule has 0 bridgehead atoms. The second-order valence-electron chi connectivity index (χ2n) is 4.41. The second kappa shape index (κ2) is 4.83. The summed E-state index contributed by atoms with van der Waals surface area (Å²) >= 11 is 0. The Labute approximate surface area is 105 Å². The van der Waals surface area contributed by atoms with Gasteiger partial charge >= 0.3 is 0 Å². The molecule has 0 radical (unpaired) electrons. The molecule has 1 saturated carbocycles. The minimum atomic E-state index is -3.89. The zero-order chi connectivity index (χ0) is 13.3. The molecule has 0 amide bonds. The summed E-state index contributed by atoms with van der Waals surface area (Å²) in [6.45, 7) is -0.0804. The highest BCUT2D eigenvalue weighted by Crippen LogP contribution is 2.32. The quantitative estimate of drug-likeness (QED) is 0.680. The second-order valence-corrected chi connectivity index (χ2v) is 6.14. The van der Waals surface area contributed by atoms with Crippen LogP contribution in [0.5, 0.6) is 0 Å². The molecule has 1 fully saturated rings. The number of benzene rings is 1. The molecule has 7 heteroatoms. The van der Waals surface area contributed by atoms with Crippen molar-refractivity contribution in [2.45, 2.75) is 23.8 Å². The summed E-state index contributed by atoms with van der Waals surface area (Å²) in [6.07, 6.45) is 1.12. The van der Waals surface area contributed by atoms with Crippen LogP contribution in [-0.4, -0.2) is 26.2 Å². The van der Waals surface area contributed by atoms with Crippen LogP contribution in [0.3, 0.4) is 0 Å². The highest BCUT2D eigenvalue weighted by Gasteiger charge is 2.31. The molecule has 0 saturated heterocycles. The molecule has 0 spiro atoms. The molecule has 0 aliphatic heterocycles. The number of sulfonamides is 1. The monoisotopic (exact) mass is 274 g/mol. The molecule has 1 aromatic rings. The summed E-state index contributed by atoms with van der Waals surface area (Å²) in [5.41, 5.74) is 4.98. The maximum Gasteiger partial charge on any atom is 0.242 e. The van der Waals surface area contributed by atoms with Gasteiger partial charge in [0.25, 0.3) is 0 Å². The predicted octanol–water partition coefficient (Wildman–Crippen LogP) is 0.457. The Bertz CT molecular complexity index is 543. The first kappa shape index (κ1) is 13.3. The normalized spacial score (nSPS) is 17.7. The van der Waals surface area contributed by atoms with E-state index in [0.29, 0.717) is 0 Å². The highest BCUT2D eigenvalue weighted by atomic mass is 32.2. The Morgan fingerprint density at radius 2 is 2.17 bits per heavy atom. The molecule has 1 aromatic carbocycles. The number of para-hydroxylation sites is 1. The van der Waals surface area contributed by atoms with Gasteiger partial charge < -0.3 is 10.8 Å². The number of aliphatic hydroxyl groups excluding tert-OH is 1. The first-order valence-corrected chi connectivity index (χ1v) is 7.12. The van der Waals surface area contributed by atoms with E-state index in [1.54, 1.807) is 0 Å². The average molecular weight is 274 g/mol. The molecule has 100 valence electrons. The lowest BCUT2D eigenvalue weighted by atomic mass is 10.2. The molecule has 1 aliphatic carbocycles. The fraction of sp³-hybridized carbons (Fsp3) is 0.455. The van der Waals surface area contributed by atoms with E-state index in [2.05, 4.69) is 4.72 Å². The Morgan fingerprint density at radius 3 is 2.78 bits per heavy atom. The lowest BCUT2D eigenvalue weighted by Gasteiger charge is -2.12. The zero-order valence-corrected chi connectivity index (χ0v) is 10.5. The highest BCUT2D eigenvalue weighted by molar-refractivity contribution is 7.89. The lowest BCUT2D eigenvalue weighted by molar-refractivity contribution is 0.155. The molecule has 2 rings (SSSR count). The molecule has 1 unspecified atom stereocenters. The minimum Gasteiger partial charge on any atom is -0.395 e. The molecule has 0 aromatic heterocycles. The van der Waals surface area contributed by atoms with Crippen LogP contribution < -0.4 is 10.5 Å². The van der Waals surface area contributed by atoms with E-state index >= 15 is 0 Å². The number of hydrogen-bond acceptors (Lipinski definition) is 4. The third-order valence-corrected chi connectivity index (χ3v) is 4.43. The molecular formula is C11H15FN2O3S. The third-order valence-electron chi connectivity index (χ3n) is 2.95. The summed E-state index contributed by atoms with van der Waals surface area (Å²) in [4.78, 5) is -0.300. The van der Waals surface area contributed by atoms with Crippen molar-refractivity contribution in [2.75, 3.05) is 12.3 Å². The van der Waals surface area contributed by atoms with Gasteiger partial charge in [-0.05, 0) is 30.9 Å². The van der Waals surface area contributed by atoms with E-state index in [4.69, 9.17) is 5.73 Å². The van der Waals surface area contributed by atoms with Crippen molar-refractivity contribution in [1.82, 2.24) is 4.72 Å². The maximum absolute atomic E-state index is 13.2. The molecular weight excluding hydrogens is 259 g/mol. The van der Waals surface area contributed by atoms with Gasteiger partial charge in [0, 0.05) is 6.54 Å². The number of nitrogens with one attached hydrogen (secondary N) is 1. The van der Waals surface area contributed by atoms with Gasteiger partial charge in [-0.15, -0.1) is 0 Å². The van der Waals surface area contributed by atoms with Gasteiger partial charge in [-0.1, -0.05) is 6.07 Å². The van der Waals surface area contributed by atoms with Crippen LogP contribution >= 0.6 is 0 Å². The number of nitrogen functional groups attached to an aromatic ring is 1. The minimum absolute atomic E-state index is 0.0804. The van der Waals surface area contributed by atoms with Crippen molar-refractivity contribution in [2.24, 2.45) is 5.92 Å². The van der Waals surface area contributed by atoms with Crippen LogP contribution in [0, 0.1) is 11.7 Å². The maximum atomic E-state index is 13.2. The smallest absolute Gasteiger partial charge is 0.242 e. The van der Waals surface area contributed by atoms with E-state index in [1.807, 2.05) is 0 Å². The van der Waals surface area contributed by atoms with E-state index in [9.17, 15) is 17.9 Å². The number of hydrogen-bond donors (Lipinski definition) is 3. The van der Waals surface area contributed by atoms with Crippen molar-refractivity contribution in [3.8, 4) is 0 Å². The molecule has 4 N–H and O–H groups in total. The number of anilines is 1. The fourth-order valence-corrected chi connectivity index (χ4v) is 2.86. The summed E-state index contributed by atoms with van der Waals surface area (Å²) in [5, 5.41) is 9.59. The number of halogens is 1. The first-order valence-electron chi connectivity index (χ1n) is 5.63. The number of rotatable bonds is 5. The van der Waals surface area contributed by atoms with Crippen LogP contribution in [0.25, 0.3) is 0 Å². The Morgan fingerprint density at radius 1 is 1.50 bits per heavy atom. The van der Waals surface area contributed by atoms with E-state index in [-0.39, 0.29) is 17.4 Å². The largest absolute Gasteiger partial charge is 0.395 e. The average Bonchev–Trinajstić information content (AvgIpc) is 3.13. The van der Waals surface area contributed by atoms with Crippen LogP contribution in [0.15, 0.2) is 23.1 Å². The predicted molar refractivity (Wildman–Crippen MR) is 64.7 cm³/mol. The number of nitrogens with two attached hydrogens (primary N) is 1. The van der Waals surface area contributed by atoms with Crippen molar-refractivity contribution in [3.63, 3.8) is 0 Å². The van der Waals surface area contributed by atoms with Crippen LogP contribution in [-0.2, 0) is 10.0 Å². The molecule has 1 aliphatic rings. The Balaban J connectivity index is 2.12. The van der Waals surface area contributed by atoms with Gasteiger partial charge in [-0.3, -0.25) is 0 Å². The van der Waals surface area contributed by atoms with Crippen molar-refractivity contribution in [3.05, 3.63) is 24.0 Å². The molecule has 5 nitrogen and oxygen atoms in total. The van der Waals surface area contributed by atoms with Crippen molar-refractivity contribution < 1.29 is 17.9 Å². The van der Waals surface area contributed by atoms with Crippen molar-refractivity contribution in [1.29, 1.82) is 0 Å². The van der Waals surface area contributed by atoms with E-state index < -0.39 is 27.6 Å². The van der Waals surface area contributed by atoms with Gasteiger partial charge in [0.15, 0.2) is 0 Å². The van der Waals surface area contributed by atoms with E-state index in [0.717, 1.165) is 18.9 Å². The van der Waals surface area contributed by atoms with Crippen molar-refractivity contribution >= 4 is 15.7 Å². The topological polar surface area (TPSA) is 92.4 Å². The van der Waals surface area contributed by atoms with Gasteiger partial charge in [0.1, 0.15) is 10.7 Å². The number of aliphatic hydroxyl groups is 1. The van der Waals surface area contributed by atoms with Crippen LogP contribution in [0.4, 0.5) is 10.1 Å². The fourth-order valence-electron chi connectivity index (χ4n) is 1.67. The zero-order valence-electron chi connectivity index (χ0n) is 9.64. The van der Waals surface area contributed by atoms with Gasteiger partial charge in [-0.2, -0.15) is 0 Å². The third kappa shape index (κ3) is 2.80. The standard InChI is InChI=1S/C11H15FN2O3S/c12-8-2-1-3-10(11(8)13)18(16,17)14-6-9(15)7-4-5-7/h1-3,7,9,14-15H,4-6,13H2. The summed E-state index contributed by atoms with van der Waals surface area (Å²) in [7, 11) is -3.89. The van der Waals surface area contributed by atoms with Gasteiger partial charge in [0.2, 0.25) is 10.0 Å². The van der Waals surface area contributed by atoms with Gasteiger partial charge in [-0.25, -0.2) is 17.5 Å². The molecule has 1 atom stereocenters. The Hall–Kier alpha value is -1.18. The summed E-state index contributed by atoms with van der Waals surface area (Å²) in [5.74, 6) is -0.613. The molecule has 18 heavy (non-hydrogen) atoms. The molecule has 0 heterocycles. The van der Waals surface area contributed by atoms with Gasteiger partial charge in [0.05, 0.1) is 11.8 Å². The van der Waals surface area contributed by atoms with E-state index in [1.165, 1.54) is 12.1 Å².